The molecule has 3 rings (SSSR count). The topological polar surface area (TPSA) is 68.0 Å². The SMILES string of the molecule is Cc1noc(C(C)C)c1C(=O)Nc1ncc(Cc2ccc(F)cc2)s1. The molecule has 0 bridgehead atoms. The van der Waals surface area contributed by atoms with Crippen molar-refractivity contribution in [1.82, 2.24) is 10.1 Å². The average Bonchev–Trinajstić information content (AvgIpc) is 3.16. The standard InChI is InChI=1S/C18H18FN3O2S/c1-10(2)16-15(11(3)22-24-16)17(23)21-18-20-9-14(25-18)8-12-4-6-13(19)7-5-12/h4-7,9-10H,8H2,1-3H3,(H,20,21,23). The summed E-state index contributed by atoms with van der Waals surface area (Å²) in [5, 5.41) is 7.20. The zero-order valence-electron chi connectivity index (χ0n) is 14.2. The van der Waals surface area contributed by atoms with Gasteiger partial charge in [-0.1, -0.05) is 31.1 Å². The summed E-state index contributed by atoms with van der Waals surface area (Å²) in [5.41, 5.74) is 2.01. The molecule has 5 nitrogen and oxygen atoms in total. The molecule has 3 aromatic rings. The molecule has 1 amide bonds. The van der Waals surface area contributed by atoms with Gasteiger partial charge in [-0.25, -0.2) is 9.37 Å². The summed E-state index contributed by atoms with van der Waals surface area (Å²) < 4.78 is 18.2. The van der Waals surface area contributed by atoms with Crippen LogP contribution in [0, 0.1) is 12.7 Å². The molecule has 25 heavy (non-hydrogen) atoms. The van der Waals surface area contributed by atoms with Gasteiger partial charge >= 0.3 is 0 Å². The van der Waals surface area contributed by atoms with E-state index in [9.17, 15) is 9.18 Å². The molecule has 2 aromatic heterocycles. The predicted octanol–water partition coefficient (Wildman–Crippen LogP) is 4.55. The van der Waals surface area contributed by atoms with E-state index in [1.807, 2.05) is 13.8 Å². The van der Waals surface area contributed by atoms with Crippen LogP contribution in [0.3, 0.4) is 0 Å². The first kappa shape index (κ1) is 17.3. The molecular formula is C18H18FN3O2S. The van der Waals surface area contributed by atoms with E-state index in [1.54, 1.807) is 25.3 Å². The molecule has 0 fully saturated rings. The van der Waals surface area contributed by atoms with Crippen molar-refractivity contribution in [3.63, 3.8) is 0 Å². The second-order valence-electron chi connectivity index (χ2n) is 6.05. The summed E-state index contributed by atoms with van der Waals surface area (Å²) in [6, 6.07) is 6.34. The molecule has 0 spiro atoms. The lowest BCUT2D eigenvalue weighted by molar-refractivity contribution is 0.102. The number of rotatable bonds is 5. The Bertz CT molecular complexity index is 884. The first-order valence-electron chi connectivity index (χ1n) is 7.90. The van der Waals surface area contributed by atoms with Gasteiger partial charge in [-0.15, -0.1) is 11.3 Å². The van der Waals surface area contributed by atoms with E-state index >= 15 is 0 Å². The van der Waals surface area contributed by atoms with Gasteiger partial charge in [0.25, 0.3) is 5.91 Å². The Balaban J connectivity index is 1.72. The Morgan fingerprint density at radius 2 is 2.04 bits per heavy atom. The zero-order chi connectivity index (χ0) is 18.0. The number of hydrogen-bond acceptors (Lipinski definition) is 5. The lowest BCUT2D eigenvalue weighted by Crippen LogP contribution is -2.14. The summed E-state index contributed by atoms with van der Waals surface area (Å²) >= 11 is 1.39. The fraction of sp³-hybridized carbons (Fsp3) is 0.278. The summed E-state index contributed by atoms with van der Waals surface area (Å²) in [6.07, 6.45) is 2.35. The molecule has 2 heterocycles. The highest BCUT2D eigenvalue weighted by atomic mass is 32.1. The highest BCUT2D eigenvalue weighted by Crippen LogP contribution is 2.25. The van der Waals surface area contributed by atoms with Gasteiger partial charge in [-0.3, -0.25) is 10.1 Å². The maximum Gasteiger partial charge on any atom is 0.262 e. The first-order valence-corrected chi connectivity index (χ1v) is 8.72. The maximum atomic E-state index is 13.0. The summed E-state index contributed by atoms with van der Waals surface area (Å²) in [5.74, 6) is 0.0987. The van der Waals surface area contributed by atoms with Crippen molar-refractivity contribution in [2.24, 2.45) is 0 Å². The fourth-order valence-electron chi connectivity index (χ4n) is 2.47. The number of nitrogens with zero attached hydrogens (tertiary/aromatic N) is 2. The average molecular weight is 359 g/mol. The van der Waals surface area contributed by atoms with Crippen LogP contribution in [0.2, 0.25) is 0 Å². The molecule has 0 aliphatic carbocycles. The number of halogens is 1. The van der Waals surface area contributed by atoms with E-state index < -0.39 is 0 Å². The number of amides is 1. The Morgan fingerprint density at radius 1 is 1.32 bits per heavy atom. The van der Waals surface area contributed by atoms with Crippen LogP contribution < -0.4 is 5.32 Å². The van der Waals surface area contributed by atoms with Gasteiger partial charge in [-0.2, -0.15) is 0 Å². The number of aromatic nitrogens is 2. The molecule has 0 saturated heterocycles. The number of thiazole rings is 1. The van der Waals surface area contributed by atoms with Crippen molar-refractivity contribution in [3.05, 3.63) is 63.7 Å². The minimum atomic E-state index is -0.273. The van der Waals surface area contributed by atoms with E-state index in [1.165, 1.54) is 23.5 Å². The van der Waals surface area contributed by atoms with Crippen molar-refractivity contribution in [1.29, 1.82) is 0 Å². The van der Waals surface area contributed by atoms with Crippen LogP contribution in [0.15, 0.2) is 35.0 Å². The largest absolute Gasteiger partial charge is 0.360 e. The van der Waals surface area contributed by atoms with Crippen LogP contribution in [0.4, 0.5) is 9.52 Å². The predicted molar refractivity (Wildman–Crippen MR) is 94.6 cm³/mol. The number of carbonyl (C=O) groups is 1. The summed E-state index contributed by atoms with van der Waals surface area (Å²) in [7, 11) is 0. The third-order valence-corrected chi connectivity index (χ3v) is 4.62. The smallest absolute Gasteiger partial charge is 0.262 e. The van der Waals surface area contributed by atoms with Crippen molar-refractivity contribution in [2.45, 2.75) is 33.1 Å². The van der Waals surface area contributed by atoms with Crippen LogP contribution in [0.25, 0.3) is 0 Å². The Labute approximate surface area is 148 Å². The molecule has 7 heteroatoms. The number of aryl methyl sites for hydroxylation is 1. The minimum absolute atomic E-state index is 0.0623. The third kappa shape index (κ3) is 3.93. The monoisotopic (exact) mass is 359 g/mol. The van der Waals surface area contributed by atoms with E-state index in [2.05, 4.69) is 15.5 Å². The van der Waals surface area contributed by atoms with Crippen LogP contribution in [0.1, 0.15) is 52.0 Å². The lowest BCUT2D eigenvalue weighted by Gasteiger charge is -2.04. The molecule has 0 aliphatic rings. The highest BCUT2D eigenvalue weighted by Gasteiger charge is 2.23. The van der Waals surface area contributed by atoms with Crippen LogP contribution in [-0.2, 0) is 6.42 Å². The second kappa shape index (κ2) is 7.14. The molecular weight excluding hydrogens is 341 g/mol. The molecule has 130 valence electrons. The Morgan fingerprint density at radius 3 is 2.72 bits per heavy atom. The summed E-state index contributed by atoms with van der Waals surface area (Å²) in [6.45, 7) is 5.63. The highest BCUT2D eigenvalue weighted by molar-refractivity contribution is 7.15. The van der Waals surface area contributed by atoms with Gasteiger partial charge in [0.1, 0.15) is 11.4 Å². The van der Waals surface area contributed by atoms with Crippen LogP contribution in [-0.4, -0.2) is 16.0 Å². The van der Waals surface area contributed by atoms with Gasteiger partial charge in [0.15, 0.2) is 10.9 Å². The number of anilines is 1. The summed E-state index contributed by atoms with van der Waals surface area (Å²) in [4.78, 5) is 17.8. The van der Waals surface area contributed by atoms with Gasteiger partial charge < -0.3 is 4.52 Å². The van der Waals surface area contributed by atoms with E-state index in [4.69, 9.17) is 4.52 Å². The number of benzene rings is 1. The number of hydrogen-bond donors (Lipinski definition) is 1. The van der Waals surface area contributed by atoms with Crippen molar-refractivity contribution >= 4 is 22.4 Å². The molecule has 0 aliphatic heterocycles. The van der Waals surface area contributed by atoms with Gasteiger partial charge in [0.05, 0.1) is 5.69 Å². The van der Waals surface area contributed by atoms with Crippen LogP contribution in [0.5, 0.6) is 0 Å². The number of carbonyl (C=O) groups excluding carboxylic acids is 1. The molecule has 0 atom stereocenters. The molecule has 1 N–H and O–H groups in total. The van der Waals surface area contributed by atoms with Crippen molar-refractivity contribution in [3.8, 4) is 0 Å². The van der Waals surface area contributed by atoms with E-state index in [0.717, 1.165) is 10.4 Å². The van der Waals surface area contributed by atoms with Gasteiger partial charge in [0, 0.05) is 23.4 Å². The third-order valence-electron chi connectivity index (χ3n) is 3.71. The maximum absolute atomic E-state index is 13.0. The van der Waals surface area contributed by atoms with E-state index in [-0.39, 0.29) is 17.6 Å². The van der Waals surface area contributed by atoms with E-state index in [0.29, 0.717) is 28.6 Å². The second-order valence-corrected chi connectivity index (χ2v) is 7.17. The van der Waals surface area contributed by atoms with Crippen LogP contribution >= 0.6 is 11.3 Å². The molecule has 0 radical (unpaired) electrons. The quantitative estimate of drug-likeness (QED) is 0.726. The normalized spacial score (nSPS) is 11.1. The van der Waals surface area contributed by atoms with Gasteiger partial charge in [-0.05, 0) is 24.6 Å². The first-order chi connectivity index (χ1) is 11.9. The fourth-order valence-corrected chi connectivity index (χ4v) is 3.31. The number of nitrogens with one attached hydrogen (secondary N) is 1. The Kier molecular flexibility index (Phi) is 4.94. The lowest BCUT2D eigenvalue weighted by atomic mass is 10.0. The molecule has 0 unspecified atom stereocenters. The Hall–Kier alpha value is -2.54. The van der Waals surface area contributed by atoms with Crippen molar-refractivity contribution in [2.75, 3.05) is 5.32 Å². The van der Waals surface area contributed by atoms with Crippen molar-refractivity contribution < 1.29 is 13.7 Å². The molecule has 1 aromatic carbocycles. The zero-order valence-corrected chi connectivity index (χ0v) is 15.0. The minimum Gasteiger partial charge on any atom is -0.360 e. The molecule has 0 saturated carbocycles. The van der Waals surface area contributed by atoms with Gasteiger partial charge in [0.2, 0.25) is 0 Å².